The molecule has 0 aromatic carbocycles. The van der Waals surface area contributed by atoms with E-state index in [1.165, 1.54) is 6.07 Å². The highest BCUT2D eigenvalue weighted by molar-refractivity contribution is 9.10. The van der Waals surface area contributed by atoms with E-state index in [4.69, 9.17) is 5.11 Å². The molecule has 0 saturated carbocycles. The van der Waals surface area contributed by atoms with E-state index >= 15 is 0 Å². The molecule has 13 heavy (non-hydrogen) atoms. The highest BCUT2D eigenvalue weighted by Gasteiger charge is 2.10. The van der Waals surface area contributed by atoms with Crippen LogP contribution in [0.4, 0.5) is 0 Å². The number of carboxylic acids is 1. The van der Waals surface area contributed by atoms with Crippen molar-refractivity contribution in [3.05, 3.63) is 22.2 Å². The lowest BCUT2D eigenvalue weighted by atomic mass is 10.1. The van der Waals surface area contributed by atoms with Gasteiger partial charge in [0.2, 0.25) is 0 Å². The van der Waals surface area contributed by atoms with Crippen LogP contribution in [-0.4, -0.2) is 21.0 Å². The molecule has 0 radical (unpaired) electrons. The SMILES string of the molecule is CC(C)c1cc(C(=O)O)nc(Br)n1. The fraction of sp³-hybridized carbons (Fsp3) is 0.375. The van der Waals surface area contributed by atoms with E-state index < -0.39 is 5.97 Å². The standard InChI is InChI=1S/C8H9BrN2O2/c1-4(2)5-3-6(7(12)13)11-8(9)10-5/h3-4H,1-2H3,(H,12,13). The van der Waals surface area contributed by atoms with Gasteiger partial charge in [-0.15, -0.1) is 0 Å². The van der Waals surface area contributed by atoms with Crippen molar-refractivity contribution in [3.63, 3.8) is 0 Å². The molecule has 0 aliphatic rings. The summed E-state index contributed by atoms with van der Waals surface area (Å²) in [4.78, 5) is 18.4. The molecule has 1 aromatic rings. The fourth-order valence-corrected chi connectivity index (χ4v) is 1.24. The van der Waals surface area contributed by atoms with E-state index in [1.54, 1.807) is 0 Å². The van der Waals surface area contributed by atoms with E-state index in [-0.39, 0.29) is 11.6 Å². The normalized spacial score (nSPS) is 10.5. The number of rotatable bonds is 2. The molecular formula is C8H9BrN2O2. The number of hydrogen-bond acceptors (Lipinski definition) is 3. The van der Waals surface area contributed by atoms with Gasteiger partial charge < -0.3 is 5.11 Å². The number of carbonyl (C=O) groups is 1. The van der Waals surface area contributed by atoms with Gasteiger partial charge in [0.25, 0.3) is 0 Å². The number of aromatic carboxylic acids is 1. The lowest BCUT2D eigenvalue weighted by Crippen LogP contribution is -2.05. The second kappa shape index (κ2) is 3.83. The minimum atomic E-state index is -1.04. The zero-order valence-electron chi connectivity index (χ0n) is 7.28. The summed E-state index contributed by atoms with van der Waals surface area (Å²) in [6, 6.07) is 1.48. The predicted molar refractivity (Wildman–Crippen MR) is 50.8 cm³/mol. The number of nitrogens with zero attached hydrogens (tertiary/aromatic N) is 2. The lowest BCUT2D eigenvalue weighted by molar-refractivity contribution is 0.0690. The van der Waals surface area contributed by atoms with Crippen LogP contribution < -0.4 is 0 Å². The first kappa shape index (κ1) is 10.1. The molecule has 1 aromatic heterocycles. The maximum atomic E-state index is 10.6. The van der Waals surface area contributed by atoms with Gasteiger partial charge in [-0.1, -0.05) is 13.8 Å². The summed E-state index contributed by atoms with van der Waals surface area (Å²) in [6.45, 7) is 3.89. The van der Waals surface area contributed by atoms with Crippen molar-refractivity contribution in [1.29, 1.82) is 0 Å². The Balaban J connectivity index is 3.19. The molecule has 70 valence electrons. The van der Waals surface area contributed by atoms with Crippen LogP contribution >= 0.6 is 15.9 Å². The van der Waals surface area contributed by atoms with Crippen LogP contribution in [0.25, 0.3) is 0 Å². The Morgan fingerprint density at radius 1 is 1.54 bits per heavy atom. The number of hydrogen-bond donors (Lipinski definition) is 1. The smallest absolute Gasteiger partial charge is 0.354 e. The molecule has 0 saturated heterocycles. The van der Waals surface area contributed by atoms with Crippen LogP contribution in [0.2, 0.25) is 0 Å². The Morgan fingerprint density at radius 2 is 2.15 bits per heavy atom. The van der Waals surface area contributed by atoms with Crippen molar-refractivity contribution in [2.45, 2.75) is 19.8 Å². The van der Waals surface area contributed by atoms with Gasteiger partial charge in [-0.05, 0) is 27.9 Å². The largest absolute Gasteiger partial charge is 0.477 e. The van der Waals surface area contributed by atoms with Gasteiger partial charge in [0.1, 0.15) is 0 Å². The van der Waals surface area contributed by atoms with Crippen molar-refractivity contribution >= 4 is 21.9 Å². The van der Waals surface area contributed by atoms with Crippen molar-refractivity contribution in [3.8, 4) is 0 Å². The summed E-state index contributed by atoms with van der Waals surface area (Å²) in [6.07, 6.45) is 0. The van der Waals surface area contributed by atoms with Crippen LogP contribution in [0.1, 0.15) is 35.9 Å². The van der Waals surface area contributed by atoms with Crippen LogP contribution in [-0.2, 0) is 0 Å². The summed E-state index contributed by atoms with van der Waals surface area (Å²) in [5.74, 6) is -0.845. The molecule has 0 amide bonds. The molecule has 0 aliphatic carbocycles. The predicted octanol–water partition coefficient (Wildman–Crippen LogP) is 2.06. The van der Waals surface area contributed by atoms with Gasteiger partial charge in [0.15, 0.2) is 10.4 Å². The third kappa shape index (κ3) is 2.48. The maximum absolute atomic E-state index is 10.6. The minimum Gasteiger partial charge on any atom is -0.477 e. The van der Waals surface area contributed by atoms with E-state index in [9.17, 15) is 4.79 Å². The second-order valence-corrected chi connectivity index (χ2v) is 3.62. The van der Waals surface area contributed by atoms with Crippen molar-refractivity contribution in [2.24, 2.45) is 0 Å². The molecule has 1 heterocycles. The number of halogens is 1. The first-order valence-electron chi connectivity index (χ1n) is 3.78. The first-order chi connectivity index (χ1) is 6.00. The van der Waals surface area contributed by atoms with Gasteiger partial charge in [0, 0.05) is 5.69 Å². The van der Waals surface area contributed by atoms with Gasteiger partial charge in [-0.2, -0.15) is 0 Å². The Morgan fingerprint density at radius 3 is 2.62 bits per heavy atom. The quantitative estimate of drug-likeness (QED) is 0.810. The molecule has 1 N–H and O–H groups in total. The molecule has 0 fully saturated rings. The number of carboxylic acid groups (broad SMARTS) is 1. The van der Waals surface area contributed by atoms with Crippen LogP contribution in [0, 0.1) is 0 Å². The molecular weight excluding hydrogens is 236 g/mol. The van der Waals surface area contributed by atoms with E-state index in [1.807, 2.05) is 13.8 Å². The summed E-state index contributed by atoms with van der Waals surface area (Å²) < 4.78 is 0.316. The zero-order chi connectivity index (χ0) is 10.0. The average molecular weight is 245 g/mol. The highest BCUT2D eigenvalue weighted by atomic mass is 79.9. The molecule has 4 nitrogen and oxygen atoms in total. The van der Waals surface area contributed by atoms with Crippen molar-refractivity contribution in [2.75, 3.05) is 0 Å². The molecule has 0 aliphatic heterocycles. The van der Waals surface area contributed by atoms with Crippen LogP contribution in [0.5, 0.6) is 0 Å². The molecule has 1 rings (SSSR count). The third-order valence-corrected chi connectivity index (χ3v) is 1.88. The summed E-state index contributed by atoms with van der Waals surface area (Å²) in [5.41, 5.74) is 0.741. The molecule has 0 atom stereocenters. The fourth-order valence-electron chi connectivity index (χ4n) is 0.841. The Labute approximate surface area is 84.2 Å². The summed E-state index contributed by atoms with van der Waals surface area (Å²) in [5, 5.41) is 8.70. The Bertz CT molecular complexity index is 339. The van der Waals surface area contributed by atoms with Gasteiger partial charge in [-0.25, -0.2) is 14.8 Å². The second-order valence-electron chi connectivity index (χ2n) is 2.91. The average Bonchev–Trinajstić information content (AvgIpc) is 2.03. The highest BCUT2D eigenvalue weighted by Crippen LogP contribution is 2.15. The Hall–Kier alpha value is -0.970. The minimum absolute atomic E-state index is 0.0191. The Kier molecular flexibility index (Phi) is 2.98. The van der Waals surface area contributed by atoms with Crippen LogP contribution in [0.15, 0.2) is 10.8 Å². The van der Waals surface area contributed by atoms with E-state index in [0.717, 1.165) is 5.69 Å². The third-order valence-electron chi connectivity index (χ3n) is 1.53. The zero-order valence-corrected chi connectivity index (χ0v) is 8.87. The van der Waals surface area contributed by atoms with Crippen molar-refractivity contribution < 1.29 is 9.90 Å². The molecule has 0 bridgehead atoms. The van der Waals surface area contributed by atoms with Gasteiger partial charge >= 0.3 is 5.97 Å². The summed E-state index contributed by atoms with van der Waals surface area (Å²) in [7, 11) is 0. The summed E-state index contributed by atoms with van der Waals surface area (Å²) >= 11 is 3.06. The first-order valence-corrected chi connectivity index (χ1v) is 4.57. The lowest BCUT2D eigenvalue weighted by Gasteiger charge is -2.04. The number of aromatic nitrogens is 2. The van der Waals surface area contributed by atoms with Gasteiger partial charge in [0.05, 0.1) is 0 Å². The maximum Gasteiger partial charge on any atom is 0.354 e. The van der Waals surface area contributed by atoms with Gasteiger partial charge in [-0.3, -0.25) is 0 Å². The van der Waals surface area contributed by atoms with Crippen molar-refractivity contribution in [1.82, 2.24) is 9.97 Å². The molecule has 0 spiro atoms. The molecule has 0 unspecified atom stereocenters. The van der Waals surface area contributed by atoms with E-state index in [0.29, 0.717) is 4.73 Å². The monoisotopic (exact) mass is 244 g/mol. The topological polar surface area (TPSA) is 63.1 Å². The van der Waals surface area contributed by atoms with Crippen LogP contribution in [0.3, 0.4) is 0 Å². The molecule has 5 heteroatoms. The van der Waals surface area contributed by atoms with E-state index in [2.05, 4.69) is 25.9 Å².